The molecule has 0 aromatic rings. The maximum atomic E-state index is 11.4. The van der Waals surface area contributed by atoms with E-state index in [4.69, 9.17) is 5.84 Å². The van der Waals surface area contributed by atoms with Gasteiger partial charge in [0.1, 0.15) is 0 Å². The molecule has 0 aliphatic heterocycles. The SMILES string of the molecule is CN(CCC(=O)ONN)CC(=O)NC1CC1. The van der Waals surface area contributed by atoms with E-state index in [1.54, 1.807) is 11.9 Å². The molecule has 7 nitrogen and oxygen atoms in total. The van der Waals surface area contributed by atoms with Crippen molar-refractivity contribution in [2.75, 3.05) is 20.1 Å². The Bertz CT molecular complexity index is 255. The zero-order chi connectivity index (χ0) is 12.0. The smallest absolute Gasteiger partial charge is 0.327 e. The van der Waals surface area contributed by atoms with Gasteiger partial charge >= 0.3 is 5.97 Å². The summed E-state index contributed by atoms with van der Waals surface area (Å²) in [4.78, 5) is 28.4. The topological polar surface area (TPSA) is 96.7 Å². The number of carbonyl (C=O) groups is 2. The highest BCUT2D eigenvalue weighted by Gasteiger charge is 2.23. The molecule has 0 heterocycles. The molecule has 0 spiro atoms. The second-order valence-electron chi connectivity index (χ2n) is 3.92. The minimum atomic E-state index is -0.447. The summed E-state index contributed by atoms with van der Waals surface area (Å²) in [6.45, 7) is 0.748. The maximum absolute atomic E-state index is 11.4. The number of nitrogens with two attached hydrogens (primary N) is 1. The Morgan fingerprint density at radius 3 is 2.75 bits per heavy atom. The molecular formula is C9H18N4O3. The van der Waals surface area contributed by atoms with Crippen LogP contribution >= 0.6 is 0 Å². The minimum Gasteiger partial charge on any atom is -0.356 e. The number of likely N-dealkylation sites (N-methyl/N-ethyl adjacent to an activating group) is 1. The van der Waals surface area contributed by atoms with Crippen LogP contribution in [0.15, 0.2) is 0 Å². The first-order valence-electron chi connectivity index (χ1n) is 5.25. The molecule has 1 rings (SSSR count). The zero-order valence-corrected chi connectivity index (χ0v) is 9.36. The van der Waals surface area contributed by atoms with E-state index in [2.05, 4.69) is 10.2 Å². The average Bonchev–Trinajstić information content (AvgIpc) is 2.99. The van der Waals surface area contributed by atoms with Crippen LogP contribution in [0.4, 0.5) is 0 Å². The summed E-state index contributed by atoms with van der Waals surface area (Å²) in [5.74, 6) is 4.36. The molecule has 0 aromatic carbocycles. The van der Waals surface area contributed by atoms with Gasteiger partial charge in [0, 0.05) is 12.6 Å². The monoisotopic (exact) mass is 230 g/mol. The molecule has 1 aliphatic carbocycles. The lowest BCUT2D eigenvalue weighted by Gasteiger charge is -2.15. The number of rotatable bonds is 7. The fourth-order valence-electron chi connectivity index (χ4n) is 1.22. The van der Waals surface area contributed by atoms with Gasteiger partial charge < -0.3 is 10.2 Å². The second kappa shape index (κ2) is 6.41. The fraction of sp³-hybridized carbons (Fsp3) is 0.778. The summed E-state index contributed by atoms with van der Waals surface area (Å²) >= 11 is 0. The van der Waals surface area contributed by atoms with E-state index in [1.807, 2.05) is 5.59 Å². The van der Waals surface area contributed by atoms with E-state index in [0.29, 0.717) is 19.1 Å². The molecule has 0 aromatic heterocycles. The third-order valence-corrected chi connectivity index (χ3v) is 2.23. The van der Waals surface area contributed by atoms with Crippen molar-refractivity contribution < 1.29 is 14.4 Å². The summed E-state index contributed by atoms with van der Waals surface area (Å²) < 4.78 is 0. The highest BCUT2D eigenvalue weighted by Crippen LogP contribution is 2.18. The largest absolute Gasteiger partial charge is 0.356 e. The van der Waals surface area contributed by atoms with Crippen molar-refractivity contribution in [3.05, 3.63) is 0 Å². The average molecular weight is 230 g/mol. The van der Waals surface area contributed by atoms with Gasteiger partial charge in [0.05, 0.1) is 13.0 Å². The fourth-order valence-corrected chi connectivity index (χ4v) is 1.22. The van der Waals surface area contributed by atoms with Crippen LogP contribution < -0.4 is 16.7 Å². The van der Waals surface area contributed by atoms with Crippen molar-refractivity contribution in [2.45, 2.75) is 25.3 Å². The molecule has 0 unspecified atom stereocenters. The highest BCUT2D eigenvalue weighted by atomic mass is 16.7. The lowest BCUT2D eigenvalue weighted by Crippen LogP contribution is -2.37. The van der Waals surface area contributed by atoms with Gasteiger partial charge in [-0.2, -0.15) is 0 Å². The van der Waals surface area contributed by atoms with E-state index >= 15 is 0 Å². The first-order valence-corrected chi connectivity index (χ1v) is 5.25. The van der Waals surface area contributed by atoms with Crippen LogP contribution in [0.25, 0.3) is 0 Å². The van der Waals surface area contributed by atoms with Gasteiger partial charge in [-0.05, 0) is 19.9 Å². The molecule has 1 amide bonds. The first-order chi connectivity index (χ1) is 7.61. The first kappa shape index (κ1) is 12.9. The number of nitrogens with one attached hydrogen (secondary N) is 2. The number of hydrogen-bond acceptors (Lipinski definition) is 6. The van der Waals surface area contributed by atoms with E-state index in [1.165, 1.54) is 0 Å². The summed E-state index contributed by atoms with van der Waals surface area (Å²) in [5.41, 5.74) is 1.82. The van der Waals surface area contributed by atoms with Crippen molar-refractivity contribution in [3.8, 4) is 0 Å². The highest BCUT2D eigenvalue weighted by molar-refractivity contribution is 5.78. The van der Waals surface area contributed by atoms with Gasteiger partial charge in [-0.25, -0.2) is 5.84 Å². The number of nitrogens with zero attached hydrogens (tertiary/aromatic N) is 1. The van der Waals surface area contributed by atoms with Crippen molar-refractivity contribution in [1.82, 2.24) is 15.8 Å². The van der Waals surface area contributed by atoms with Crippen molar-refractivity contribution >= 4 is 11.9 Å². The van der Waals surface area contributed by atoms with E-state index in [9.17, 15) is 9.59 Å². The van der Waals surface area contributed by atoms with E-state index < -0.39 is 5.97 Å². The number of carbonyl (C=O) groups excluding carboxylic acids is 2. The van der Waals surface area contributed by atoms with Gasteiger partial charge in [0.15, 0.2) is 0 Å². The molecule has 0 atom stereocenters. The van der Waals surface area contributed by atoms with E-state index in [-0.39, 0.29) is 12.3 Å². The second-order valence-corrected chi connectivity index (χ2v) is 3.92. The summed E-state index contributed by atoms with van der Waals surface area (Å²) in [5, 5.41) is 2.87. The van der Waals surface area contributed by atoms with Crippen LogP contribution in [0.1, 0.15) is 19.3 Å². The summed E-state index contributed by atoms with van der Waals surface area (Å²) in [6, 6.07) is 0.368. The zero-order valence-electron chi connectivity index (χ0n) is 9.36. The lowest BCUT2D eigenvalue weighted by molar-refractivity contribution is -0.151. The third-order valence-electron chi connectivity index (χ3n) is 2.23. The van der Waals surface area contributed by atoms with Gasteiger partial charge in [-0.15, -0.1) is 0 Å². The van der Waals surface area contributed by atoms with Crippen LogP contribution in [-0.4, -0.2) is 43.0 Å². The molecule has 1 saturated carbocycles. The standard InChI is InChI=1S/C9H18N4O3/c1-13(5-4-9(15)16-12-10)6-8(14)11-7-2-3-7/h7,12H,2-6,10H2,1H3,(H,11,14). The predicted octanol–water partition coefficient (Wildman–Crippen LogP) is -1.49. The van der Waals surface area contributed by atoms with Crippen LogP contribution in [0.2, 0.25) is 0 Å². The molecule has 4 N–H and O–H groups in total. The Balaban J connectivity index is 2.06. The van der Waals surface area contributed by atoms with Gasteiger partial charge in [-0.1, -0.05) is 5.59 Å². The summed E-state index contributed by atoms with van der Waals surface area (Å²) in [6.07, 6.45) is 2.34. The van der Waals surface area contributed by atoms with Crippen LogP contribution in [0, 0.1) is 0 Å². The van der Waals surface area contributed by atoms with Crippen LogP contribution in [0.5, 0.6) is 0 Å². The molecule has 0 radical (unpaired) electrons. The molecule has 16 heavy (non-hydrogen) atoms. The summed E-state index contributed by atoms with van der Waals surface area (Å²) in [7, 11) is 1.77. The normalized spacial score (nSPS) is 14.9. The van der Waals surface area contributed by atoms with Crippen LogP contribution in [0.3, 0.4) is 0 Å². The Kier molecular flexibility index (Phi) is 5.17. The lowest BCUT2D eigenvalue weighted by atomic mass is 10.4. The molecule has 0 saturated heterocycles. The quantitative estimate of drug-likeness (QED) is 0.364. The van der Waals surface area contributed by atoms with Crippen LogP contribution in [-0.2, 0) is 14.4 Å². The minimum absolute atomic E-state index is 0.00434. The van der Waals surface area contributed by atoms with Gasteiger partial charge in [0.2, 0.25) is 5.91 Å². The predicted molar refractivity (Wildman–Crippen MR) is 56.7 cm³/mol. The van der Waals surface area contributed by atoms with Crippen molar-refractivity contribution in [3.63, 3.8) is 0 Å². The third kappa shape index (κ3) is 5.64. The van der Waals surface area contributed by atoms with Crippen molar-refractivity contribution in [1.29, 1.82) is 0 Å². The van der Waals surface area contributed by atoms with Crippen molar-refractivity contribution in [2.24, 2.45) is 5.84 Å². The molecule has 1 fully saturated rings. The number of hydrazine groups is 1. The van der Waals surface area contributed by atoms with E-state index in [0.717, 1.165) is 12.8 Å². The number of hydrogen-bond donors (Lipinski definition) is 3. The number of amides is 1. The van der Waals surface area contributed by atoms with Gasteiger partial charge in [0.25, 0.3) is 0 Å². The Hall–Kier alpha value is -1.18. The molecule has 7 heteroatoms. The molecule has 92 valence electrons. The Morgan fingerprint density at radius 2 is 2.19 bits per heavy atom. The molecule has 0 bridgehead atoms. The Labute approximate surface area is 94.2 Å². The molecular weight excluding hydrogens is 212 g/mol. The maximum Gasteiger partial charge on any atom is 0.327 e. The van der Waals surface area contributed by atoms with Gasteiger partial charge in [-0.3, -0.25) is 14.5 Å². The molecule has 1 aliphatic rings. The Morgan fingerprint density at radius 1 is 1.50 bits per heavy atom.